The van der Waals surface area contributed by atoms with Crippen molar-refractivity contribution < 1.29 is 9.18 Å². The molecule has 3 nitrogen and oxygen atoms in total. The second-order valence-electron chi connectivity index (χ2n) is 5.34. The van der Waals surface area contributed by atoms with Gasteiger partial charge in [0.2, 0.25) is 0 Å². The Bertz CT molecular complexity index is 697. The van der Waals surface area contributed by atoms with E-state index in [4.69, 9.17) is 0 Å². The van der Waals surface area contributed by atoms with Crippen molar-refractivity contribution in [1.29, 1.82) is 0 Å². The second-order valence-corrected chi connectivity index (χ2v) is 5.34. The second kappa shape index (κ2) is 5.56. The highest BCUT2D eigenvalue weighted by molar-refractivity contribution is 6.04. The van der Waals surface area contributed by atoms with Crippen molar-refractivity contribution in [2.45, 2.75) is 19.8 Å². The molecule has 0 fully saturated rings. The maximum atomic E-state index is 13.7. The van der Waals surface area contributed by atoms with Gasteiger partial charge in [-0.15, -0.1) is 0 Å². The third kappa shape index (κ3) is 2.89. The minimum atomic E-state index is -0.423. The van der Waals surface area contributed by atoms with Crippen molar-refractivity contribution in [3.63, 3.8) is 0 Å². The fourth-order valence-electron chi connectivity index (χ4n) is 2.55. The van der Waals surface area contributed by atoms with Gasteiger partial charge >= 0.3 is 0 Å². The van der Waals surface area contributed by atoms with Crippen LogP contribution in [0.15, 0.2) is 36.4 Å². The van der Waals surface area contributed by atoms with Crippen LogP contribution in [-0.4, -0.2) is 12.5 Å². The Morgan fingerprint density at radius 3 is 2.95 bits per heavy atom. The first kappa shape index (κ1) is 13.6. The SMILES string of the molecule is Cc1ccc(F)c(NC(=O)c2ccc3c(c2)CCCN3)c1. The van der Waals surface area contributed by atoms with E-state index in [2.05, 4.69) is 10.6 Å². The highest BCUT2D eigenvalue weighted by Crippen LogP contribution is 2.24. The minimum Gasteiger partial charge on any atom is -0.385 e. The Labute approximate surface area is 123 Å². The molecule has 108 valence electrons. The van der Waals surface area contributed by atoms with Gasteiger partial charge in [-0.2, -0.15) is 0 Å². The predicted molar refractivity (Wildman–Crippen MR) is 82.3 cm³/mol. The van der Waals surface area contributed by atoms with Gasteiger partial charge in [0.05, 0.1) is 5.69 Å². The Hall–Kier alpha value is -2.36. The molecule has 2 N–H and O–H groups in total. The molecule has 4 heteroatoms. The van der Waals surface area contributed by atoms with Gasteiger partial charge in [0.1, 0.15) is 5.82 Å². The standard InChI is InChI=1S/C17H17FN2O/c1-11-4-6-14(18)16(9-11)20-17(21)13-5-7-15-12(10-13)3-2-8-19-15/h4-7,9-10,19H,2-3,8H2,1H3,(H,20,21). The summed E-state index contributed by atoms with van der Waals surface area (Å²) in [5.41, 5.74) is 3.90. The van der Waals surface area contributed by atoms with Gasteiger partial charge in [0.25, 0.3) is 5.91 Å². The van der Waals surface area contributed by atoms with Crippen molar-refractivity contribution in [2.75, 3.05) is 17.2 Å². The fourth-order valence-corrected chi connectivity index (χ4v) is 2.55. The van der Waals surface area contributed by atoms with E-state index in [1.54, 1.807) is 18.2 Å². The normalized spacial score (nSPS) is 13.2. The van der Waals surface area contributed by atoms with E-state index in [-0.39, 0.29) is 11.6 Å². The Balaban J connectivity index is 1.83. The third-order valence-corrected chi connectivity index (χ3v) is 3.68. The lowest BCUT2D eigenvalue weighted by molar-refractivity contribution is 0.102. The molecule has 0 aliphatic carbocycles. The van der Waals surface area contributed by atoms with Crippen LogP contribution in [0.25, 0.3) is 0 Å². The lowest BCUT2D eigenvalue weighted by Gasteiger charge is -2.18. The molecule has 21 heavy (non-hydrogen) atoms. The van der Waals surface area contributed by atoms with Crippen molar-refractivity contribution in [3.05, 3.63) is 58.9 Å². The quantitative estimate of drug-likeness (QED) is 0.882. The molecule has 1 aliphatic heterocycles. The number of carbonyl (C=O) groups is 1. The zero-order chi connectivity index (χ0) is 14.8. The number of halogens is 1. The van der Waals surface area contributed by atoms with Crippen molar-refractivity contribution in [3.8, 4) is 0 Å². The highest BCUT2D eigenvalue weighted by atomic mass is 19.1. The molecule has 0 aromatic heterocycles. The summed E-state index contributed by atoms with van der Waals surface area (Å²) in [6, 6.07) is 10.2. The monoisotopic (exact) mass is 284 g/mol. The average molecular weight is 284 g/mol. The first-order valence-electron chi connectivity index (χ1n) is 7.08. The lowest BCUT2D eigenvalue weighted by atomic mass is 10.0. The highest BCUT2D eigenvalue weighted by Gasteiger charge is 2.14. The number of hydrogen-bond donors (Lipinski definition) is 2. The minimum absolute atomic E-state index is 0.218. The van der Waals surface area contributed by atoms with Gasteiger partial charge in [0.15, 0.2) is 0 Å². The van der Waals surface area contributed by atoms with E-state index in [1.165, 1.54) is 6.07 Å². The van der Waals surface area contributed by atoms with Crippen LogP contribution in [0, 0.1) is 12.7 Å². The molecular formula is C17H17FN2O. The number of aryl methyl sites for hydroxylation is 2. The molecule has 0 saturated carbocycles. The number of rotatable bonds is 2. The number of anilines is 2. The molecule has 2 aromatic carbocycles. The molecule has 0 atom stereocenters. The van der Waals surface area contributed by atoms with Crippen LogP contribution in [-0.2, 0) is 6.42 Å². The summed E-state index contributed by atoms with van der Waals surface area (Å²) >= 11 is 0. The zero-order valence-electron chi connectivity index (χ0n) is 11.9. The molecule has 0 unspecified atom stereocenters. The number of fused-ring (bicyclic) bond motifs is 1. The van der Waals surface area contributed by atoms with Gasteiger partial charge < -0.3 is 10.6 Å². The van der Waals surface area contributed by atoms with Gasteiger partial charge in [-0.25, -0.2) is 4.39 Å². The van der Waals surface area contributed by atoms with Crippen LogP contribution in [0.2, 0.25) is 0 Å². The molecule has 2 aromatic rings. The first-order chi connectivity index (χ1) is 10.1. The Kier molecular flexibility index (Phi) is 3.60. The summed E-state index contributed by atoms with van der Waals surface area (Å²) < 4.78 is 13.7. The number of nitrogens with one attached hydrogen (secondary N) is 2. The van der Waals surface area contributed by atoms with Gasteiger partial charge in [0, 0.05) is 17.8 Å². The molecule has 1 aliphatic rings. The predicted octanol–water partition coefficient (Wildman–Crippen LogP) is 3.74. The smallest absolute Gasteiger partial charge is 0.255 e. The molecule has 0 spiro atoms. The number of hydrogen-bond acceptors (Lipinski definition) is 2. The van der Waals surface area contributed by atoms with E-state index in [0.717, 1.165) is 36.2 Å². The van der Waals surface area contributed by atoms with Crippen LogP contribution in [0.5, 0.6) is 0 Å². The van der Waals surface area contributed by atoms with E-state index in [1.807, 2.05) is 19.1 Å². The summed E-state index contributed by atoms with van der Waals surface area (Å²) in [6.07, 6.45) is 2.02. The summed E-state index contributed by atoms with van der Waals surface area (Å²) in [7, 11) is 0. The molecule has 3 rings (SSSR count). The summed E-state index contributed by atoms with van der Waals surface area (Å²) in [5, 5.41) is 5.94. The van der Waals surface area contributed by atoms with Crippen LogP contribution < -0.4 is 10.6 Å². The first-order valence-corrected chi connectivity index (χ1v) is 7.08. The molecule has 0 saturated heterocycles. The maximum Gasteiger partial charge on any atom is 0.255 e. The van der Waals surface area contributed by atoms with E-state index in [9.17, 15) is 9.18 Å². The van der Waals surface area contributed by atoms with Crippen LogP contribution in [0.1, 0.15) is 27.9 Å². The molecule has 0 bridgehead atoms. The summed E-state index contributed by atoms with van der Waals surface area (Å²) in [6.45, 7) is 2.83. The number of benzene rings is 2. The third-order valence-electron chi connectivity index (χ3n) is 3.68. The molecule has 0 radical (unpaired) electrons. The van der Waals surface area contributed by atoms with Crippen molar-refractivity contribution in [1.82, 2.24) is 0 Å². The molecular weight excluding hydrogens is 267 g/mol. The summed E-state index contributed by atoms with van der Waals surface area (Å²) in [4.78, 5) is 12.3. The molecule has 1 heterocycles. The maximum absolute atomic E-state index is 13.7. The average Bonchev–Trinajstić information content (AvgIpc) is 2.50. The van der Waals surface area contributed by atoms with Gasteiger partial charge in [-0.3, -0.25) is 4.79 Å². The largest absolute Gasteiger partial charge is 0.385 e. The van der Waals surface area contributed by atoms with Crippen LogP contribution in [0.3, 0.4) is 0 Å². The molecule has 1 amide bonds. The van der Waals surface area contributed by atoms with E-state index >= 15 is 0 Å². The van der Waals surface area contributed by atoms with Crippen LogP contribution >= 0.6 is 0 Å². The fraction of sp³-hybridized carbons (Fsp3) is 0.235. The topological polar surface area (TPSA) is 41.1 Å². The number of carbonyl (C=O) groups excluding carboxylic acids is 1. The van der Waals surface area contributed by atoms with E-state index in [0.29, 0.717) is 5.56 Å². The van der Waals surface area contributed by atoms with Crippen molar-refractivity contribution >= 4 is 17.3 Å². The van der Waals surface area contributed by atoms with Crippen LogP contribution in [0.4, 0.5) is 15.8 Å². The van der Waals surface area contributed by atoms with Crippen molar-refractivity contribution in [2.24, 2.45) is 0 Å². The Morgan fingerprint density at radius 2 is 2.10 bits per heavy atom. The summed E-state index contributed by atoms with van der Waals surface area (Å²) in [5.74, 6) is -0.707. The van der Waals surface area contributed by atoms with E-state index < -0.39 is 5.82 Å². The Morgan fingerprint density at radius 1 is 1.24 bits per heavy atom. The zero-order valence-corrected chi connectivity index (χ0v) is 11.9. The lowest BCUT2D eigenvalue weighted by Crippen LogP contribution is -2.16. The van der Waals surface area contributed by atoms with Gasteiger partial charge in [-0.05, 0) is 61.2 Å². The number of amides is 1. The van der Waals surface area contributed by atoms with Gasteiger partial charge in [-0.1, -0.05) is 6.07 Å².